The summed E-state index contributed by atoms with van der Waals surface area (Å²) < 4.78 is 5.65. The van der Waals surface area contributed by atoms with Crippen LogP contribution in [0.25, 0.3) is 0 Å². The molecule has 1 aromatic carbocycles. The molecule has 0 saturated carbocycles. The molecule has 0 spiro atoms. The van der Waals surface area contributed by atoms with Gasteiger partial charge in [-0.15, -0.1) is 11.6 Å². The fourth-order valence-corrected chi connectivity index (χ4v) is 1.67. The van der Waals surface area contributed by atoms with Gasteiger partial charge in [-0.3, -0.25) is 0 Å². The van der Waals surface area contributed by atoms with Gasteiger partial charge in [-0.05, 0) is 30.2 Å². The number of hydrogen-bond acceptors (Lipinski definition) is 2. The molecule has 0 radical (unpaired) electrons. The third-order valence-corrected chi connectivity index (χ3v) is 2.86. The minimum Gasteiger partial charge on any atom is -0.439 e. The fourth-order valence-electron chi connectivity index (χ4n) is 1.35. The van der Waals surface area contributed by atoms with Crippen molar-refractivity contribution in [1.82, 2.24) is 4.98 Å². The Morgan fingerprint density at radius 1 is 1.24 bits per heavy atom. The van der Waals surface area contributed by atoms with Crippen molar-refractivity contribution in [3.8, 4) is 11.6 Å². The van der Waals surface area contributed by atoms with Crippen LogP contribution in [0.3, 0.4) is 0 Å². The smallest absolute Gasteiger partial charge is 0.219 e. The van der Waals surface area contributed by atoms with E-state index in [1.807, 2.05) is 25.1 Å². The summed E-state index contributed by atoms with van der Waals surface area (Å²) in [5, 5.41) is 0.642. The highest BCUT2D eigenvalue weighted by atomic mass is 35.5. The first kappa shape index (κ1) is 12.2. The molecule has 4 heteroatoms. The van der Waals surface area contributed by atoms with Gasteiger partial charge >= 0.3 is 0 Å². The average molecular weight is 268 g/mol. The van der Waals surface area contributed by atoms with Crippen LogP contribution in [0.4, 0.5) is 0 Å². The topological polar surface area (TPSA) is 22.1 Å². The van der Waals surface area contributed by atoms with Crippen molar-refractivity contribution in [1.29, 1.82) is 0 Å². The Morgan fingerprint density at radius 3 is 2.71 bits per heavy atom. The number of aromatic nitrogens is 1. The maximum Gasteiger partial charge on any atom is 0.219 e. The van der Waals surface area contributed by atoms with Gasteiger partial charge in [-0.2, -0.15) is 0 Å². The molecule has 0 atom stereocenters. The van der Waals surface area contributed by atoms with Crippen molar-refractivity contribution in [3.05, 3.63) is 52.7 Å². The van der Waals surface area contributed by atoms with Gasteiger partial charge in [0.1, 0.15) is 5.75 Å². The van der Waals surface area contributed by atoms with E-state index in [2.05, 4.69) is 4.98 Å². The summed E-state index contributed by atoms with van der Waals surface area (Å²) in [6.07, 6.45) is 1.70. The minimum atomic E-state index is 0.448. The summed E-state index contributed by atoms with van der Waals surface area (Å²) in [7, 11) is 0. The number of ether oxygens (including phenoxy) is 1. The fraction of sp³-hybridized carbons (Fsp3) is 0.154. The van der Waals surface area contributed by atoms with Crippen LogP contribution in [0.1, 0.15) is 11.1 Å². The minimum absolute atomic E-state index is 0.448. The third kappa shape index (κ3) is 3.11. The Hall–Kier alpha value is -1.25. The predicted octanol–water partition coefficient (Wildman–Crippen LogP) is 4.57. The van der Waals surface area contributed by atoms with Crippen molar-refractivity contribution in [2.75, 3.05) is 0 Å². The highest BCUT2D eigenvalue weighted by Gasteiger charge is 2.03. The number of pyridine rings is 1. The van der Waals surface area contributed by atoms with Crippen molar-refractivity contribution >= 4 is 23.2 Å². The number of halogens is 2. The Kier molecular flexibility index (Phi) is 3.87. The second kappa shape index (κ2) is 5.39. The van der Waals surface area contributed by atoms with Crippen LogP contribution in [0.2, 0.25) is 5.02 Å². The maximum atomic E-state index is 5.91. The van der Waals surface area contributed by atoms with Gasteiger partial charge in [0.25, 0.3) is 0 Å². The van der Waals surface area contributed by atoms with Crippen LogP contribution < -0.4 is 4.74 Å². The molecule has 0 aliphatic rings. The first-order chi connectivity index (χ1) is 8.19. The molecule has 0 fully saturated rings. The van der Waals surface area contributed by atoms with Gasteiger partial charge in [-0.1, -0.05) is 23.7 Å². The van der Waals surface area contributed by atoms with Crippen molar-refractivity contribution in [3.63, 3.8) is 0 Å². The van der Waals surface area contributed by atoms with Crippen LogP contribution in [0.15, 0.2) is 36.5 Å². The lowest BCUT2D eigenvalue weighted by Gasteiger charge is -2.08. The van der Waals surface area contributed by atoms with E-state index in [4.69, 9.17) is 27.9 Å². The molecule has 2 aromatic rings. The first-order valence-electron chi connectivity index (χ1n) is 5.14. The Morgan fingerprint density at radius 2 is 2.06 bits per heavy atom. The first-order valence-corrected chi connectivity index (χ1v) is 6.05. The molecule has 0 aliphatic heterocycles. The lowest BCUT2D eigenvalue weighted by molar-refractivity contribution is 0.459. The molecular formula is C13H11Cl2NO. The van der Waals surface area contributed by atoms with Crippen LogP contribution >= 0.6 is 23.2 Å². The summed E-state index contributed by atoms with van der Waals surface area (Å²) in [4.78, 5) is 4.17. The lowest BCUT2D eigenvalue weighted by atomic mass is 10.2. The normalized spacial score (nSPS) is 10.3. The van der Waals surface area contributed by atoms with E-state index in [9.17, 15) is 0 Å². The molecule has 1 heterocycles. The molecule has 0 N–H and O–H groups in total. The van der Waals surface area contributed by atoms with Gasteiger partial charge in [0.2, 0.25) is 5.88 Å². The summed E-state index contributed by atoms with van der Waals surface area (Å²) in [5.74, 6) is 1.69. The summed E-state index contributed by atoms with van der Waals surface area (Å²) in [6, 6.07) is 9.18. The van der Waals surface area contributed by atoms with E-state index in [0.29, 0.717) is 22.5 Å². The predicted molar refractivity (Wildman–Crippen MR) is 70.1 cm³/mol. The van der Waals surface area contributed by atoms with Gasteiger partial charge in [0.05, 0.1) is 0 Å². The van der Waals surface area contributed by atoms with E-state index in [1.165, 1.54) is 0 Å². The van der Waals surface area contributed by atoms with Gasteiger partial charge in [0, 0.05) is 23.2 Å². The van der Waals surface area contributed by atoms with E-state index < -0.39 is 0 Å². The molecule has 0 amide bonds. The van der Waals surface area contributed by atoms with Gasteiger partial charge in [-0.25, -0.2) is 4.98 Å². The maximum absolute atomic E-state index is 5.91. The second-order valence-corrected chi connectivity index (χ2v) is 4.35. The summed E-state index contributed by atoms with van der Waals surface area (Å²) >= 11 is 11.6. The van der Waals surface area contributed by atoms with Crippen LogP contribution in [-0.2, 0) is 5.88 Å². The molecule has 0 bridgehead atoms. The van der Waals surface area contributed by atoms with Gasteiger partial charge in [0.15, 0.2) is 0 Å². The van der Waals surface area contributed by atoms with E-state index in [-0.39, 0.29) is 0 Å². The van der Waals surface area contributed by atoms with Crippen LogP contribution in [0.5, 0.6) is 11.6 Å². The van der Waals surface area contributed by atoms with Crippen LogP contribution in [0, 0.1) is 6.92 Å². The molecule has 1 aromatic heterocycles. The quantitative estimate of drug-likeness (QED) is 0.760. The molecule has 2 rings (SSSR count). The van der Waals surface area contributed by atoms with Crippen molar-refractivity contribution in [2.24, 2.45) is 0 Å². The number of rotatable bonds is 3. The number of hydrogen-bond donors (Lipinski definition) is 0. The molecule has 2 nitrogen and oxygen atoms in total. The second-order valence-electron chi connectivity index (χ2n) is 3.65. The highest BCUT2D eigenvalue weighted by Crippen LogP contribution is 2.26. The zero-order chi connectivity index (χ0) is 12.3. The molecule has 0 unspecified atom stereocenters. The number of aryl methyl sites for hydroxylation is 1. The molecular weight excluding hydrogens is 257 g/mol. The van der Waals surface area contributed by atoms with E-state index in [1.54, 1.807) is 18.3 Å². The largest absolute Gasteiger partial charge is 0.439 e. The Labute approximate surface area is 110 Å². The molecule has 88 valence electrons. The average Bonchev–Trinajstić information content (AvgIpc) is 2.35. The standard InChI is InChI=1S/C13H11Cl2NO/c1-9-2-4-11(15)6-12(9)17-13-5-3-10(7-14)8-16-13/h2-6,8H,7H2,1H3. The van der Waals surface area contributed by atoms with Crippen molar-refractivity contribution in [2.45, 2.75) is 12.8 Å². The number of nitrogens with zero attached hydrogens (tertiary/aromatic N) is 1. The molecule has 0 saturated heterocycles. The van der Waals surface area contributed by atoms with Gasteiger partial charge < -0.3 is 4.74 Å². The van der Waals surface area contributed by atoms with E-state index in [0.717, 1.165) is 11.1 Å². The zero-order valence-corrected chi connectivity index (χ0v) is 10.8. The Balaban J connectivity index is 2.22. The summed E-state index contributed by atoms with van der Waals surface area (Å²) in [6.45, 7) is 1.96. The van der Waals surface area contributed by atoms with Crippen LogP contribution in [-0.4, -0.2) is 4.98 Å². The monoisotopic (exact) mass is 267 g/mol. The van der Waals surface area contributed by atoms with Crippen molar-refractivity contribution < 1.29 is 4.74 Å². The lowest BCUT2D eigenvalue weighted by Crippen LogP contribution is -1.91. The molecule has 0 aliphatic carbocycles. The number of alkyl halides is 1. The number of benzene rings is 1. The summed E-state index contributed by atoms with van der Waals surface area (Å²) in [5.41, 5.74) is 1.97. The molecule has 17 heavy (non-hydrogen) atoms. The SMILES string of the molecule is Cc1ccc(Cl)cc1Oc1ccc(CCl)cn1. The zero-order valence-electron chi connectivity index (χ0n) is 9.28. The highest BCUT2D eigenvalue weighted by molar-refractivity contribution is 6.30. The Bertz CT molecular complexity index is 511. The van der Waals surface area contributed by atoms with E-state index >= 15 is 0 Å². The third-order valence-electron chi connectivity index (χ3n) is 2.32.